The van der Waals surface area contributed by atoms with E-state index in [-0.39, 0.29) is 59.8 Å². The van der Waals surface area contributed by atoms with E-state index in [0.29, 0.717) is 54.4 Å². The van der Waals surface area contributed by atoms with E-state index >= 15 is 0 Å². The molecule has 5 heterocycles. The summed E-state index contributed by atoms with van der Waals surface area (Å²) in [6, 6.07) is 14.6. The molecule has 0 spiro atoms. The molecule has 1 aromatic heterocycles. The van der Waals surface area contributed by atoms with Gasteiger partial charge in [-0.25, -0.2) is 0 Å². The number of rotatable bonds is 8. The number of carbonyl (C=O) groups excluding carboxylic acids is 5. The average Bonchev–Trinajstić information content (AvgIpc) is 3.56. The van der Waals surface area contributed by atoms with Crippen LogP contribution in [-0.4, -0.2) is 97.8 Å². The number of amides is 5. The van der Waals surface area contributed by atoms with Crippen LogP contribution >= 0.6 is 11.6 Å². The van der Waals surface area contributed by atoms with Crippen LogP contribution in [0.2, 0.25) is 5.02 Å². The van der Waals surface area contributed by atoms with Crippen LogP contribution in [0.25, 0.3) is 0 Å². The van der Waals surface area contributed by atoms with Gasteiger partial charge in [-0.05, 0) is 86.9 Å². The Labute approximate surface area is 310 Å². The molecule has 2 bridgehead atoms. The second kappa shape index (κ2) is 13.9. The number of piperidine rings is 1. The molecule has 14 nitrogen and oxygen atoms in total. The molecule has 3 aromatic rings. The number of aromatic nitrogens is 2. The molecule has 15 heteroatoms. The van der Waals surface area contributed by atoms with E-state index in [4.69, 9.17) is 27.3 Å². The number of nitrogens with zero attached hydrogens (tertiary/aromatic N) is 7. The van der Waals surface area contributed by atoms with Crippen molar-refractivity contribution in [2.75, 3.05) is 18.0 Å². The van der Waals surface area contributed by atoms with E-state index < -0.39 is 29.7 Å². The van der Waals surface area contributed by atoms with Crippen LogP contribution in [0.5, 0.6) is 5.75 Å². The molecule has 3 atom stereocenters. The lowest BCUT2D eigenvalue weighted by Gasteiger charge is -2.41. The molecule has 5 amide bonds. The van der Waals surface area contributed by atoms with Gasteiger partial charge in [-0.2, -0.15) is 5.26 Å². The SMILES string of the molecule is N#Cc1ccc(OC2CCC(N3C(=O)CC[C@@H](N4C(=O)c5ccc(CN6C[C@H]7CC[C@H](C6)N7c6ccc(C(N)=O)nn6)cc5C4=O)C3=O)CC2)cc1Cl. The first-order chi connectivity index (χ1) is 25.6. The van der Waals surface area contributed by atoms with Gasteiger partial charge >= 0.3 is 0 Å². The standard InChI is InChI=1S/C38H37ClN8O6/c39-30-16-27(7-2-22(30)17-40)53-26-8-5-23(6-9-26)46-34(48)14-12-32(38(46)52)47-36(50)28-10-1-21(15-29(28)37(47)51)18-44-19-24-3-4-25(20-44)45(24)33-13-11-31(35(41)49)42-43-33/h1-2,7,10-11,13,15-16,23-26,32H,3-6,8-9,12,14,18-20H2,(H2,41,49)/t23?,24-,25-,26?,32-/m1/s1. The number of likely N-dealkylation sites (tertiary alicyclic amines) is 2. The maximum Gasteiger partial charge on any atom is 0.269 e. The predicted molar refractivity (Wildman–Crippen MR) is 190 cm³/mol. The van der Waals surface area contributed by atoms with E-state index in [0.717, 1.165) is 36.4 Å². The summed E-state index contributed by atoms with van der Waals surface area (Å²) >= 11 is 6.16. The number of nitrogens with two attached hydrogens (primary N) is 1. The third-order valence-corrected chi connectivity index (χ3v) is 11.5. The number of piperazine rings is 1. The number of hydrogen-bond donors (Lipinski definition) is 1. The van der Waals surface area contributed by atoms with E-state index in [1.165, 1.54) is 4.90 Å². The third kappa shape index (κ3) is 6.38. The highest BCUT2D eigenvalue weighted by molar-refractivity contribution is 6.31. The van der Waals surface area contributed by atoms with Gasteiger partial charge in [-0.3, -0.25) is 38.7 Å². The fraction of sp³-hybridized carbons (Fsp3) is 0.421. The number of primary amides is 1. The van der Waals surface area contributed by atoms with Gasteiger partial charge in [0.05, 0.1) is 27.8 Å². The molecular weight excluding hydrogens is 700 g/mol. The Balaban J connectivity index is 0.904. The van der Waals surface area contributed by atoms with Crippen molar-refractivity contribution < 1.29 is 28.7 Å². The van der Waals surface area contributed by atoms with Gasteiger partial charge in [0.15, 0.2) is 11.5 Å². The zero-order chi connectivity index (χ0) is 37.0. The van der Waals surface area contributed by atoms with E-state index in [2.05, 4.69) is 20.0 Å². The molecule has 53 heavy (non-hydrogen) atoms. The molecule has 3 saturated heterocycles. The van der Waals surface area contributed by atoms with Crippen molar-refractivity contribution in [3.05, 3.63) is 81.5 Å². The van der Waals surface area contributed by atoms with Crippen molar-refractivity contribution in [2.24, 2.45) is 5.73 Å². The van der Waals surface area contributed by atoms with Crippen LogP contribution in [0.3, 0.4) is 0 Å². The Morgan fingerprint density at radius 2 is 1.57 bits per heavy atom. The number of halogens is 1. The number of fused-ring (bicyclic) bond motifs is 3. The minimum atomic E-state index is -1.05. The van der Waals surface area contributed by atoms with Crippen molar-refractivity contribution in [1.29, 1.82) is 5.26 Å². The molecular formula is C38H37ClN8O6. The number of ether oxygens (including phenoxy) is 1. The first-order valence-electron chi connectivity index (χ1n) is 18.0. The smallest absolute Gasteiger partial charge is 0.269 e. The second-order valence-electron chi connectivity index (χ2n) is 14.4. The van der Waals surface area contributed by atoms with Crippen molar-refractivity contribution in [3.63, 3.8) is 0 Å². The fourth-order valence-electron chi connectivity index (χ4n) is 8.72. The predicted octanol–water partition coefficient (Wildman–Crippen LogP) is 3.46. The minimum absolute atomic E-state index is 0.0599. The summed E-state index contributed by atoms with van der Waals surface area (Å²) in [4.78, 5) is 73.0. The number of hydrogen-bond acceptors (Lipinski definition) is 11. The summed E-state index contributed by atoms with van der Waals surface area (Å²) in [5, 5.41) is 17.7. The van der Waals surface area contributed by atoms with Gasteiger partial charge in [-0.1, -0.05) is 17.7 Å². The quantitative estimate of drug-likeness (QED) is 0.334. The lowest BCUT2D eigenvalue weighted by atomic mass is 9.89. The van der Waals surface area contributed by atoms with Crippen molar-refractivity contribution >= 4 is 47.0 Å². The molecule has 2 N–H and O–H groups in total. The van der Waals surface area contributed by atoms with Crippen LogP contribution in [0.4, 0.5) is 5.82 Å². The molecule has 0 unspecified atom stereocenters. The van der Waals surface area contributed by atoms with Crippen LogP contribution < -0.4 is 15.4 Å². The molecule has 272 valence electrons. The highest BCUT2D eigenvalue weighted by Crippen LogP contribution is 2.37. The summed E-state index contributed by atoms with van der Waals surface area (Å²) < 4.78 is 6.09. The lowest BCUT2D eigenvalue weighted by molar-refractivity contribution is -0.155. The third-order valence-electron chi connectivity index (χ3n) is 11.2. The average molecular weight is 737 g/mol. The topological polar surface area (TPSA) is 183 Å². The monoisotopic (exact) mass is 736 g/mol. The fourth-order valence-corrected chi connectivity index (χ4v) is 8.93. The first kappa shape index (κ1) is 34.7. The number of anilines is 1. The lowest BCUT2D eigenvalue weighted by Crippen LogP contribution is -2.59. The zero-order valence-corrected chi connectivity index (χ0v) is 29.6. The van der Waals surface area contributed by atoms with Crippen LogP contribution in [0, 0.1) is 11.3 Å². The maximum atomic E-state index is 14.0. The second-order valence-corrected chi connectivity index (χ2v) is 14.9. The summed E-state index contributed by atoms with van der Waals surface area (Å²) in [6.07, 6.45) is 4.21. The van der Waals surface area contributed by atoms with E-state index in [1.807, 2.05) is 12.1 Å². The molecule has 2 aromatic carbocycles. The Bertz CT molecular complexity index is 2050. The van der Waals surface area contributed by atoms with Crippen molar-refractivity contribution in [3.8, 4) is 11.8 Å². The van der Waals surface area contributed by atoms with Crippen LogP contribution in [0.15, 0.2) is 48.5 Å². The van der Waals surface area contributed by atoms with Gasteiger partial charge in [-0.15, -0.1) is 10.2 Å². The Morgan fingerprint density at radius 1 is 0.849 bits per heavy atom. The Morgan fingerprint density at radius 3 is 2.23 bits per heavy atom. The Kier molecular flexibility index (Phi) is 9.08. The van der Waals surface area contributed by atoms with Gasteiger partial charge in [0.25, 0.3) is 23.6 Å². The maximum absolute atomic E-state index is 14.0. The van der Waals surface area contributed by atoms with Gasteiger partial charge in [0.2, 0.25) is 5.91 Å². The number of benzene rings is 2. The molecule has 8 rings (SSSR count). The minimum Gasteiger partial charge on any atom is -0.490 e. The molecule has 1 saturated carbocycles. The van der Waals surface area contributed by atoms with Crippen LogP contribution in [0.1, 0.15) is 93.7 Å². The number of imide groups is 2. The first-order valence-corrected chi connectivity index (χ1v) is 18.3. The van der Waals surface area contributed by atoms with Gasteiger partial charge < -0.3 is 15.4 Å². The summed E-state index contributed by atoms with van der Waals surface area (Å²) in [5.41, 5.74) is 7.24. The van der Waals surface area contributed by atoms with Gasteiger partial charge in [0, 0.05) is 50.2 Å². The highest BCUT2D eigenvalue weighted by atomic mass is 35.5. The molecule has 4 fully saturated rings. The normalized spacial score (nSPS) is 25.8. The summed E-state index contributed by atoms with van der Waals surface area (Å²) in [6.45, 7) is 2.12. The summed E-state index contributed by atoms with van der Waals surface area (Å²) in [5.74, 6) is -1.19. The Hall–Kier alpha value is -5.39. The van der Waals surface area contributed by atoms with E-state index in [1.54, 1.807) is 42.5 Å². The molecule has 1 aliphatic carbocycles. The van der Waals surface area contributed by atoms with Crippen molar-refractivity contribution in [2.45, 2.75) is 88.2 Å². The van der Waals surface area contributed by atoms with Crippen LogP contribution in [-0.2, 0) is 16.1 Å². The summed E-state index contributed by atoms with van der Waals surface area (Å²) in [7, 11) is 0. The molecule has 5 aliphatic rings. The van der Waals surface area contributed by atoms with Gasteiger partial charge in [0.1, 0.15) is 17.9 Å². The highest BCUT2D eigenvalue weighted by Gasteiger charge is 2.49. The van der Waals surface area contributed by atoms with E-state index in [9.17, 15) is 24.0 Å². The van der Waals surface area contributed by atoms with Crippen molar-refractivity contribution in [1.82, 2.24) is 24.9 Å². The molecule has 0 radical (unpaired) electrons. The largest absolute Gasteiger partial charge is 0.490 e. The zero-order valence-electron chi connectivity index (χ0n) is 28.8. The number of nitriles is 1. The number of carbonyl (C=O) groups is 5. The molecule has 4 aliphatic heterocycles.